The van der Waals surface area contributed by atoms with Crippen molar-refractivity contribution < 1.29 is 9.53 Å². The van der Waals surface area contributed by atoms with E-state index in [9.17, 15) is 4.79 Å². The summed E-state index contributed by atoms with van der Waals surface area (Å²) in [6, 6.07) is 7.09. The summed E-state index contributed by atoms with van der Waals surface area (Å²) in [4.78, 5) is 17.4. The molecule has 26 heavy (non-hydrogen) atoms. The van der Waals surface area contributed by atoms with Crippen molar-refractivity contribution in [1.29, 1.82) is 0 Å². The van der Waals surface area contributed by atoms with Gasteiger partial charge in [-0.2, -0.15) is 5.10 Å². The lowest BCUT2D eigenvalue weighted by Crippen LogP contribution is -2.69. The first-order chi connectivity index (χ1) is 12.7. The van der Waals surface area contributed by atoms with Gasteiger partial charge in [-0.05, 0) is 56.1 Å². The Morgan fingerprint density at radius 1 is 1.35 bits per heavy atom. The number of piperidine rings is 1. The van der Waals surface area contributed by atoms with E-state index in [1.165, 1.54) is 11.1 Å². The number of carbonyl (C=O) groups excluding carboxylic acids is 1. The monoisotopic (exact) mass is 352 g/mol. The molecule has 0 bridgehead atoms. The number of nitrogens with one attached hydrogen (secondary N) is 1. The van der Waals surface area contributed by atoms with E-state index in [4.69, 9.17) is 4.74 Å². The maximum Gasteiger partial charge on any atom is 0.275 e. The number of H-pyrrole nitrogens is 1. The number of hydrogen-bond acceptors (Lipinski definition) is 4. The second kappa shape index (κ2) is 6.21. The highest BCUT2D eigenvalue weighted by Gasteiger charge is 2.46. The second-order valence-corrected chi connectivity index (χ2v) is 7.60. The van der Waals surface area contributed by atoms with Gasteiger partial charge >= 0.3 is 0 Å². The van der Waals surface area contributed by atoms with E-state index in [1.807, 2.05) is 11.0 Å². The molecular formula is C20H24N4O2. The molecule has 2 saturated heterocycles. The smallest absolute Gasteiger partial charge is 0.275 e. The van der Waals surface area contributed by atoms with Gasteiger partial charge in [0.2, 0.25) is 0 Å². The maximum atomic E-state index is 13.0. The molecule has 4 heterocycles. The molecule has 2 aromatic rings. The van der Waals surface area contributed by atoms with Crippen molar-refractivity contribution in [2.45, 2.75) is 31.3 Å². The van der Waals surface area contributed by atoms with Crippen molar-refractivity contribution in [2.24, 2.45) is 0 Å². The topological polar surface area (TPSA) is 61.5 Å². The molecule has 0 aliphatic carbocycles. The van der Waals surface area contributed by atoms with Crippen LogP contribution >= 0.6 is 0 Å². The molecule has 3 aliphatic rings. The van der Waals surface area contributed by atoms with Gasteiger partial charge < -0.3 is 9.64 Å². The number of hydrogen-bond donors (Lipinski definition) is 1. The Hall–Kier alpha value is -2.18. The van der Waals surface area contributed by atoms with Crippen LogP contribution in [-0.4, -0.2) is 71.3 Å². The number of carbonyl (C=O) groups is 1. The van der Waals surface area contributed by atoms with E-state index in [1.54, 1.807) is 0 Å². The van der Waals surface area contributed by atoms with Crippen LogP contribution < -0.4 is 0 Å². The fourth-order valence-electron chi connectivity index (χ4n) is 4.57. The predicted octanol–water partition coefficient (Wildman–Crippen LogP) is 2.29. The number of aromatic nitrogens is 2. The fourth-order valence-corrected chi connectivity index (χ4v) is 4.57. The number of nitrogens with zero attached hydrogens (tertiary/aromatic N) is 3. The Morgan fingerprint density at radius 2 is 2.27 bits per heavy atom. The first-order valence-electron chi connectivity index (χ1n) is 9.49. The summed E-state index contributed by atoms with van der Waals surface area (Å²) in [7, 11) is 2.16. The van der Waals surface area contributed by atoms with E-state index in [-0.39, 0.29) is 5.91 Å². The summed E-state index contributed by atoms with van der Waals surface area (Å²) in [5, 5.41) is 8.35. The van der Waals surface area contributed by atoms with Crippen molar-refractivity contribution in [3.63, 3.8) is 0 Å². The van der Waals surface area contributed by atoms with Crippen molar-refractivity contribution in [2.75, 3.05) is 33.4 Å². The molecule has 6 heteroatoms. The zero-order valence-corrected chi connectivity index (χ0v) is 15.1. The fraction of sp³-hybridized carbons (Fsp3) is 0.500. The number of fused-ring (bicyclic) bond motifs is 2. The summed E-state index contributed by atoms with van der Waals surface area (Å²) in [5.74, 6) is 0.0610. The molecule has 6 nitrogen and oxygen atoms in total. The summed E-state index contributed by atoms with van der Waals surface area (Å²) in [6.07, 6.45) is 5.32. The van der Waals surface area contributed by atoms with Crippen LogP contribution in [0, 0.1) is 0 Å². The Bertz CT molecular complexity index is 887. The Labute approximate surface area is 152 Å². The van der Waals surface area contributed by atoms with Crippen molar-refractivity contribution >= 4 is 22.4 Å². The number of aromatic amines is 1. The highest BCUT2D eigenvalue weighted by Crippen LogP contribution is 2.33. The van der Waals surface area contributed by atoms with E-state index in [2.05, 4.69) is 40.4 Å². The molecule has 5 rings (SSSR count). The number of rotatable bonds is 2. The van der Waals surface area contributed by atoms with E-state index in [0.29, 0.717) is 24.4 Å². The summed E-state index contributed by atoms with van der Waals surface area (Å²) < 4.78 is 5.39. The van der Waals surface area contributed by atoms with Gasteiger partial charge in [0.15, 0.2) is 5.69 Å². The van der Waals surface area contributed by atoms with Crippen LogP contribution in [0.5, 0.6) is 0 Å². The zero-order valence-electron chi connectivity index (χ0n) is 15.1. The van der Waals surface area contributed by atoms with Crippen LogP contribution in [0.1, 0.15) is 35.3 Å². The SMILES string of the molecule is CN1CCCC2[C@H]1CN2C(=O)c1n[nH]c2cc(C3=CCOCC3)ccc12. The molecule has 2 fully saturated rings. The lowest BCUT2D eigenvalue weighted by atomic mass is 9.86. The maximum absolute atomic E-state index is 13.0. The Balaban J connectivity index is 1.41. The van der Waals surface area contributed by atoms with E-state index >= 15 is 0 Å². The summed E-state index contributed by atoms with van der Waals surface area (Å²) in [5.41, 5.74) is 3.97. The highest BCUT2D eigenvalue weighted by molar-refractivity contribution is 6.05. The standard InChI is InChI=1S/C20H24N4O2/c1-23-8-2-3-17-18(23)12-24(17)20(25)19-15-5-4-14(11-16(15)21-22-19)13-6-9-26-10-7-13/h4-6,11,17-18H,2-3,7-10,12H2,1H3,(H,21,22)/t17?,18-/m1/s1. The third kappa shape index (κ3) is 2.47. The molecular weight excluding hydrogens is 328 g/mol. The van der Waals surface area contributed by atoms with Gasteiger partial charge in [-0.3, -0.25) is 14.8 Å². The molecule has 3 aliphatic heterocycles. The van der Waals surface area contributed by atoms with Crippen molar-refractivity contribution in [3.05, 3.63) is 35.5 Å². The lowest BCUT2D eigenvalue weighted by Gasteiger charge is -2.54. The van der Waals surface area contributed by atoms with Crippen LogP contribution in [-0.2, 0) is 4.74 Å². The third-order valence-corrected chi connectivity index (χ3v) is 6.17. The van der Waals surface area contributed by atoms with Gasteiger partial charge in [0.1, 0.15) is 0 Å². The molecule has 1 amide bonds. The van der Waals surface area contributed by atoms with Crippen LogP contribution in [0.4, 0.5) is 0 Å². The minimum Gasteiger partial charge on any atom is -0.377 e. The highest BCUT2D eigenvalue weighted by atomic mass is 16.5. The van der Waals surface area contributed by atoms with Crippen LogP contribution in [0.25, 0.3) is 16.5 Å². The lowest BCUT2D eigenvalue weighted by molar-refractivity contribution is -0.0313. The minimum absolute atomic E-state index is 0.0610. The number of benzene rings is 1. The average molecular weight is 352 g/mol. The van der Waals surface area contributed by atoms with Gasteiger partial charge in [0, 0.05) is 24.0 Å². The molecule has 0 saturated carbocycles. The minimum atomic E-state index is 0.0610. The van der Waals surface area contributed by atoms with Crippen LogP contribution in [0.2, 0.25) is 0 Å². The van der Waals surface area contributed by atoms with Gasteiger partial charge in [-0.1, -0.05) is 12.1 Å². The molecule has 0 radical (unpaired) electrons. The Kier molecular flexibility index (Phi) is 3.83. The second-order valence-electron chi connectivity index (χ2n) is 7.60. The average Bonchev–Trinajstić information content (AvgIpc) is 3.07. The first-order valence-corrected chi connectivity index (χ1v) is 9.49. The molecule has 2 atom stereocenters. The normalized spacial score (nSPS) is 26.3. The Morgan fingerprint density at radius 3 is 3.12 bits per heavy atom. The largest absolute Gasteiger partial charge is 0.377 e. The van der Waals surface area contributed by atoms with Gasteiger partial charge in [-0.15, -0.1) is 0 Å². The van der Waals surface area contributed by atoms with E-state index in [0.717, 1.165) is 49.9 Å². The van der Waals surface area contributed by atoms with Crippen LogP contribution in [0.3, 0.4) is 0 Å². The van der Waals surface area contributed by atoms with Crippen molar-refractivity contribution in [1.82, 2.24) is 20.0 Å². The first kappa shape index (κ1) is 16.0. The van der Waals surface area contributed by atoms with Crippen LogP contribution in [0.15, 0.2) is 24.3 Å². The number of likely N-dealkylation sites (N-methyl/N-ethyl adjacent to an activating group) is 1. The van der Waals surface area contributed by atoms with Crippen molar-refractivity contribution in [3.8, 4) is 0 Å². The quantitative estimate of drug-likeness (QED) is 0.901. The van der Waals surface area contributed by atoms with Gasteiger partial charge in [0.25, 0.3) is 5.91 Å². The zero-order chi connectivity index (χ0) is 17.7. The van der Waals surface area contributed by atoms with E-state index < -0.39 is 0 Å². The van der Waals surface area contributed by atoms with Gasteiger partial charge in [0.05, 0.1) is 18.7 Å². The molecule has 136 valence electrons. The molecule has 0 spiro atoms. The van der Waals surface area contributed by atoms with Gasteiger partial charge in [-0.25, -0.2) is 0 Å². The molecule has 1 N–H and O–H groups in total. The summed E-state index contributed by atoms with van der Waals surface area (Å²) >= 11 is 0. The number of amides is 1. The predicted molar refractivity (Wildman–Crippen MR) is 100.0 cm³/mol. The molecule has 1 aromatic heterocycles. The molecule has 1 unspecified atom stereocenters. The number of ether oxygens (including phenoxy) is 1. The summed E-state index contributed by atoms with van der Waals surface area (Å²) in [6.45, 7) is 3.39. The molecule has 1 aromatic carbocycles. The number of likely N-dealkylation sites (tertiary alicyclic amines) is 2. The third-order valence-electron chi connectivity index (χ3n) is 6.17.